The summed E-state index contributed by atoms with van der Waals surface area (Å²) in [6.07, 6.45) is 0.495. The maximum absolute atomic E-state index is 12.2. The average Bonchev–Trinajstić information content (AvgIpc) is 2.39. The van der Waals surface area contributed by atoms with Gasteiger partial charge in [-0.05, 0) is 23.6 Å². The first-order valence-electron chi connectivity index (χ1n) is 6.12. The van der Waals surface area contributed by atoms with Gasteiger partial charge in [0.2, 0.25) is 5.91 Å². The molecular formula is C15H15NO3S. The van der Waals surface area contributed by atoms with Crippen LogP contribution < -0.4 is 5.73 Å². The first kappa shape index (κ1) is 14.3. The molecule has 20 heavy (non-hydrogen) atoms. The summed E-state index contributed by atoms with van der Waals surface area (Å²) in [5.41, 5.74) is 6.68. The number of nitrogens with two attached hydrogens (primary N) is 1. The number of carbonyl (C=O) groups excluding carboxylic acids is 1. The predicted molar refractivity (Wildman–Crippen MR) is 76.9 cm³/mol. The van der Waals surface area contributed by atoms with E-state index in [2.05, 4.69) is 0 Å². The lowest BCUT2D eigenvalue weighted by Gasteiger charge is -2.09. The highest BCUT2D eigenvalue weighted by atomic mass is 32.2. The summed E-state index contributed by atoms with van der Waals surface area (Å²) < 4.78 is 24.3. The van der Waals surface area contributed by atoms with Gasteiger partial charge in [-0.1, -0.05) is 48.5 Å². The summed E-state index contributed by atoms with van der Waals surface area (Å²) in [6, 6.07) is 16.2. The summed E-state index contributed by atoms with van der Waals surface area (Å²) >= 11 is 0. The van der Waals surface area contributed by atoms with E-state index in [4.69, 9.17) is 5.73 Å². The molecule has 0 aliphatic heterocycles. The van der Waals surface area contributed by atoms with E-state index >= 15 is 0 Å². The number of carbonyl (C=O) groups is 1. The van der Waals surface area contributed by atoms with Gasteiger partial charge in [0.05, 0.1) is 4.90 Å². The molecule has 4 nitrogen and oxygen atoms in total. The number of benzene rings is 2. The Balaban J connectivity index is 2.39. The normalized spacial score (nSPS) is 11.2. The second-order valence-electron chi connectivity index (χ2n) is 4.50. The standard InChI is InChI=1S/C15H15NO3S/c16-15(17)11-20(18,19)14-9-5-4-8-13(14)10-12-6-2-1-3-7-12/h1-9H,10-11H2,(H2,16,17). The zero-order valence-electron chi connectivity index (χ0n) is 10.8. The molecule has 0 aliphatic rings. The fourth-order valence-corrected chi connectivity index (χ4v) is 3.39. The highest BCUT2D eigenvalue weighted by molar-refractivity contribution is 7.92. The van der Waals surface area contributed by atoms with Crippen LogP contribution in [0.1, 0.15) is 11.1 Å². The minimum absolute atomic E-state index is 0.169. The molecule has 0 fully saturated rings. The molecule has 0 saturated heterocycles. The van der Waals surface area contributed by atoms with Gasteiger partial charge in [0.1, 0.15) is 5.75 Å². The molecule has 0 atom stereocenters. The molecule has 0 heterocycles. The Kier molecular flexibility index (Phi) is 4.20. The van der Waals surface area contributed by atoms with E-state index in [0.29, 0.717) is 12.0 Å². The predicted octanol–water partition coefficient (Wildman–Crippen LogP) is 1.54. The molecule has 0 aliphatic carbocycles. The fraction of sp³-hybridized carbons (Fsp3) is 0.133. The minimum atomic E-state index is -3.68. The maximum Gasteiger partial charge on any atom is 0.233 e. The van der Waals surface area contributed by atoms with Crippen molar-refractivity contribution >= 4 is 15.7 Å². The molecule has 0 radical (unpaired) electrons. The van der Waals surface area contributed by atoms with Crippen molar-refractivity contribution in [1.82, 2.24) is 0 Å². The topological polar surface area (TPSA) is 77.2 Å². The van der Waals surface area contributed by atoms with Crippen molar-refractivity contribution in [3.63, 3.8) is 0 Å². The fourth-order valence-electron chi connectivity index (χ4n) is 2.03. The van der Waals surface area contributed by atoms with Crippen molar-refractivity contribution < 1.29 is 13.2 Å². The molecule has 0 unspecified atom stereocenters. The summed E-state index contributed by atoms with van der Waals surface area (Å²) in [6.45, 7) is 0. The van der Waals surface area contributed by atoms with Crippen LogP contribution in [0.25, 0.3) is 0 Å². The van der Waals surface area contributed by atoms with Crippen LogP contribution in [-0.2, 0) is 21.1 Å². The second-order valence-corrected chi connectivity index (χ2v) is 6.45. The third-order valence-electron chi connectivity index (χ3n) is 2.88. The molecule has 5 heteroatoms. The van der Waals surface area contributed by atoms with Crippen LogP contribution in [0.4, 0.5) is 0 Å². The first-order chi connectivity index (χ1) is 9.49. The maximum atomic E-state index is 12.2. The van der Waals surface area contributed by atoms with Gasteiger partial charge in [0, 0.05) is 0 Å². The van der Waals surface area contributed by atoms with Crippen LogP contribution >= 0.6 is 0 Å². The molecule has 104 valence electrons. The van der Waals surface area contributed by atoms with Gasteiger partial charge in [-0.15, -0.1) is 0 Å². The zero-order chi connectivity index (χ0) is 14.6. The molecule has 0 aromatic heterocycles. The van der Waals surface area contributed by atoms with Crippen LogP contribution in [0, 0.1) is 0 Å². The van der Waals surface area contributed by atoms with Gasteiger partial charge in [-0.3, -0.25) is 4.79 Å². The van der Waals surface area contributed by atoms with Crippen molar-refractivity contribution in [2.45, 2.75) is 11.3 Å². The van der Waals surface area contributed by atoms with Crippen molar-refractivity contribution in [2.75, 3.05) is 5.75 Å². The van der Waals surface area contributed by atoms with Crippen LogP contribution in [0.2, 0.25) is 0 Å². The summed E-state index contributed by atoms with van der Waals surface area (Å²) in [5.74, 6) is -1.52. The van der Waals surface area contributed by atoms with Crippen molar-refractivity contribution in [1.29, 1.82) is 0 Å². The number of hydrogen-bond donors (Lipinski definition) is 1. The van der Waals surface area contributed by atoms with Crippen LogP contribution in [0.5, 0.6) is 0 Å². The lowest BCUT2D eigenvalue weighted by Crippen LogP contribution is -2.23. The molecule has 1 amide bonds. The Morgan fingerprint density at radius 3 is 2.20 bits per heavy atom. The monoisotopic (exact) mass is 289 g/mol. The highest BCUT2D eigenvalue weighted by Crippen LogP contribution is 2.20. The molecule has 0 saturated carbocycles. The van der Waals surface area contributed by atoms with Gasteiger partial charge in [0.25, 0.3) is 0 Å². The van der Waals surface area contributed by atoms with E-state index in [1.54, 1.807) is 18.2 Å². The van der Waals surface area contributed by atoms with Crippen molar-refractivity contribution in [3.05, 3.63) is 65.7 Å². The number of hydrogen-bond acceptors (Lipinski definition) is 3. The van der Waals surface area contributed by atoms with E-state index in [1.807, 2.05) is 30.3 Å². The third kappa shape index (κ3) is 3.45. The molecule has 2 aromatic rings. The van der Waals surface area contributed by atoms with Gasteiger partial charge >= 0.3 is 0 Å². The Bertz CT molecular complexity index is 709. The van der Waals surface area contributed by atoms with E-state index < -0.39 is 21.5 Å². The van der Waals surface area contributed by atoms with Crippen LogP contribution in [0.15, 0.2) is 59.5 Å². The number of primary amides is 1. The van der Waals surface area contributed by atoms with E-state index in [9.17, 15) is 13.2 Å². The Morgan fingerprint density at radius 2 is 1.55 bits per heavy atom. The van der Waals surface area contributed by atoms with Gasteiger partial charge in [0.15, 0.2) is 9.84 Å². The van der Waals surface area contributed by atoms with E-state index in [0.717, 1.165) is 5.56 Å². The summed E-state index contributed by atoms with van der Waals surface area (Å²) in [4.78, 5) is 11.1. The molecule has 0 spiro atoms. The van der Waals surface area contributed by atoms with Crippen LogP contribution in [0.3, 0.4) is 0 Å². The lowest BCUT2D eigenvalue weighted by molar-refractivity contribution is -0.115. The van der Waals surface area contributed by atoms with E-state index in [1.165, 1.54) is 6.07 Å². The molecule has 2 aromatic carbocycles. The van der Waals surface area contributed by atoms with E-state index in [-0.39, 0.29) is 4.90 Å². The third-order valence-corrected chi connectivity index (χ3v) is 4.61. The smallest absolute Gasteiger partial charge is 0.233 e. The largest absolute Gasteiger partial charge is 0.369 e. The van der Waals surface area contributed by atoms with Gasteiger partial charge < -0.3 is 5.73 Å². The summed E-state index contributed by atoms with van der Waals surface area (Å²) in [5, 5.41) is 0. The van der Waals surface area contributed by atoms with Crippen molar-refractivity contribution in [2.24, 2.45) is 5.73 Å². The Hall–Kier alpha value is -2.14. The second kappa shape index (κ2) is 5.88. The van der Waals surface area contributed by atoms with Crippen molar-refractivity contribution in [3.8, 4) is 0 Å². The molecule has 0 bridgehead atoms. The summed E-state index contributed by atoms with van der Waals surface area (Å²) in [7, 11) is -3.68. The Labute approximate surface area is 118 Å². The molecular weight excluding hydrogens is 274 g/mol. The number of rotatable bonds is 5. The number of sulfone groups is 1. The number of amides is 1. The SMILES string of the molecule is NC(=O)CS(=O)(=O)c1ccccc1Cc1ccccc1. The lowest BCUT2D eigenvalue weighted by atomic mass is 10.1. The minimum Gasteiger partial charge on any atom is -0.369 e. The average molecular weight is 289 g/mol. The quantitative estimate of drug-likeness (QED) is 0.907. The molecule has 2 rings (SSSR count). The van der Waals surface area contributed by atoms with Gasteiger partial charge in [-0.2, -0.15) is 0 Å². The molecule has 2 N–H and O–H groups in total. The highest BCUT2D eigenvalue weighted by Gasteiger charge is 2.20. The van der Waals surface area contributed by atoms with Crippen LogP contribution in [-0.4, -0.2) is 20.1 Å². The first-order valence-corrected chi connectivity index (χ1v) is 7.77. The zero-order valence-corrected chi connectivity index (χ0v) is 11.6. The Morgan fingerprint density at radius 1 is 0.950 bits per heavy atom. The van der Waals surface area contributed by atoms with Gasteiger partial charge in [-0.25, -0.2) is 8.42 Å².